The maximum Gasteiger partial charge on any atom is 0.245 e. The van der Waals surface area contributed by atoms with Crippen molar-refractivity contribution in [2.24, 2.45) is 5.14 Å². The van der Waals surface area contributed by atoms with Gasteiger partial charge in [-0.2, -0.15) is 0 Å². The molecule has 0 bridgehead atoms. The number of nitrogens with two attached hydrogens (primary N) is 1. The largest absolute Gasteiger partial charge is 0.345 e. The molecule has 2 aliphatic rings. The zero-order valence-electron chi connectivity index (χ0n) is 12.0. The fraction of sp³-hybridized carbons (Fsp3) is 0.429. The fourth-order valence-corrected chi connectivity index (χ4v) is 5.32. The van der Waals surface area contributed by atoms with Crippen LogP contribution in [-0.4, -0.2) is 31.9 Å². The Bertz CT molecular complexity index is 673. The highest BCUT2D eigenvalue weighted by atomic mass is 32.3. The molecule has 0 amide bonds. The van der Waals surface area contributed by atoms with Crippen molar-refractivity contribution < 1.29 is 8.42 Å². The smallest absolute Gasteiger partial charge is 0.245 e. The van der Waals surface area contributed by atoms with E-state index in [2.05, 4.69) is 22.3 Å². The molecule has 21 heavy (non-hydrogen) atoms. The Morgan fingerprint density at radius 3 is 2.57 bits per heavy atom. The van der Waals surface area contributed by atoms with Gasteiger partial charge in [0.25, 0.3) is 0 Å². The second-order valence-corrected chi connectivity index (χ2v) is 8.25. The van der Waals surface area contributed by atoms with Crippen molar-refractivity contribution in [2.75, 3.05) is 7.05 Å². The molecule has 1 aromatic carbocycles. The SMILES string of the molecule is CNC1SC(S(N)(=O)=O)=C(C)N1C1CC1c1ccccc1. The van der Waals surface area contributed by atoms with Gasteiger partial charge in [-0.3, -0.25) is 5.32 Å². The fourth-order valence-electron chi connectivity index (χ4n) is 2.97. The number of benzene rings is 1. The van der Waals surface area contributed by atoms with Crippen molar-refractivity contribution in [2.45, 2.75) is 30.8 Å². The summed E-state index contributed by atoms with van der Waals surface area (Å²) in [6, 6.07) is 10.7. The van der Waals surface area contributed by atoms with Gasteiger partial charge in [-0.15, -0.1) is 0 Å². The molecule has 1 aliphatic carbocycles. The highest BCUT2D eigenvalue weighted by Crippen LogP contribution is 2.51. The average Bonchev–Trinajstić information content (AvgIpc) is 3.15. The number of hydrogen-bond acceptors (Lipinski definition) is 5. The summed E-state index contributed by atoms with van der Waals surface area (Å²) >= 11 is 1.28. The van der Waals surface area contributed by atoms with Crippen LogP contribution in [0, 0.1) is 0 Å². The molecule has 1 heterocycles. The number of primary sulfonamides is 1. The lowest BCUT2D eigenvalue weighted by Gasteiger charge is -2.27. The molecule has 3 rings (SSSR count). The molecule has 1 fully saturated rings. The van der Waals surface area contributed by atoms with Gasteiger partial charge in [-0.1, -0.05) is 42.1 Å². The Kier molecular flexibility index (Phi) is 3.77. The number of hydrogen-bond donors (Lipinski definition) is 2. The summed E-state index contributed by atoms with van der Waals surface area (Å²) in [6.07, 6.45) is 1.04. The number of nitrogens with one attached hydrogen (secondary N) is 1. The average molecular weight is 325 g/mol. The normalized spacial score (nSPS) is 29.1. The van der Waals surface area contributed by atoms with Crippen molar-refractivity contribution >= 4 is 21.8 Å². The van der Waals surface area contributed by atoms with Crippen LogP contribution in [0.3, 0.4) is 0 Å². The summed E-state index contributed by atoms with van der Waals surface area (Å²) in [4.78, 5) is 2.15. The van der Waals surface area contributed by atoms with Crippen molar-refractivity contribution in [1.82, 2.24) is 10.2 Å². The van der Waals surface area contributed by atoms with E-state index in [9.17, 15) is 8.42 Å². The van der Waals surface area contributed by atoms with E-state index >= 15 is 0 Å². The molecule has 3 atom stereocenters. The van der Waals surface area contributed by atoms with Gasteiger partial charge in [0.2, 0.25) is 10.0 Å². The maximum absolute atomic E-state index is 11.7. The van der Waals surface area contributed by atoms with Gasteiger partial charge in [0.1, 0.15) is 9.73 Å². The number of nitrogens with zero attached hydrogens (tertiary/aromatic N) is 1. The summed E-state index contributed by atoms with van der Waals surface area (Å²) in [5, 5.41) is 8.48. The second-order valence-electron chi connectivity index (χ2n) is 5.40. The third-order valence-electron chi connectivity index (χ3n) is 4.00. The second kappa shape index (κ2) is 5.31. The molecule has 114 valence electrons. The topological polar surface area (TPSA) is 75.4 Å². The van der Waals surface area contributed by atoms with E-state index in [1.54, 1.807) is 0 Å². The molecular weight excluding hydrogens is 306 g/mol. The molecule has 0 spiro atoms. The van der Waals surface area contributed by atoms with Gasteiger partial charge in [0, 0.05) is 17.7 Å². The third kappa shape index (κ3) is 2.70. The Hall–Kier alpha value is -1.02. The first kappa shape index (κ1) is 14.9. The van der Waals surface area contributed by atoms with E-state index < -0.39 is 10.0 Å². The number of sulfonamides is 1. The third-order valence-corrected chi connectivity index (χ3v) is 6.99. The van der Waals surface area contributed by atoms with E-state index in [1.807, 2.05) is 32.2 Å². The minimum atomic E-state index is -3.65. The predicted molar refractivity (Wildman–Crippen MR) is 85.7 cm³/mol. The van der Waals surface area contributed by atoms with Crippen LogP contribution in [0.1, 0.15) is 24.8 Å². The lowest BCUT2D eigenvalue weighted by Crippen LogP contribution is -2.39. The monoisotopic (exact) mass is 325 g/mol. The van der Waals surface area contributed by atoms with Crippen LogP contribution >= 0.6 is 11.8 Å². The Labute approximate surface area is 129 Å². The molecule has 7 heteroatoms. The van der Waals surface area contributed by atoms with E-state index in [0.717, 1.165) is 12.1 Å². The predicted octanol–water partition coefficient (Wildman–Crippen LogP) is 1.57. The van der Waals surface area contributed by atoms with E-state index in [4.69, 9.17) is 5.14 Å². The number of rotatable bonds is 4. The van der Waals surface area contributed by atoms with E-state index in [0.29, 0.717) is 12.0 Å². The minimum Gasteiger partial charge on any atom is -0.345 e. The Morgan fingerprint density at radius 1 is 1.33 bits per heavy atom. The van der Waals surface area contributed by atoms with Crippen LogP contribution in [-0.2, 0) is 10.0 Å². The lowest BCUT2D eigenvalue weighted by molar-refractivity contribution is 0.292. The molecule has 0 aromatic heterocycles. The first-order chi connectivity index (χ1) is 9.93. The van der Waals surface area contributed by atoms with Crippen molar-refractivity contribution in [1.29, 1.82) is 0 Å². The number of thioether (sulfide) groups is 1. The van der Waals surface area contributed by atoms with Crippen molar-refractivity contribution in [3.8, 4) is 0 Å². The molecule has 5 nitrogen and oxygen atoms in total. The summed E-state index contributed by atoms with van der Waals surface area (Å²) in [5.74, 6) is 0.456. The summed E-state index contributed by atoms with van der Waals surface area (Å²) in [5.41, 5.74) is 1.99. The van der Waals surface area contributed by atoms with Crippen molar-refractivity contribution in [3.05, 3.63) is 45.8 Å². The first-order valence-corrected chi connectivity index (χ1v) is 9.27. The molecule has 3 unspecified atom stereocenters. The molecule has 0 radical (unpaired) electrons. The van der Waals surface area contributed by atoms with Gasteiger partial charge in [0.15, 0.2) is 0 Å². The van der Waals surface area contributed by atoms with Crippen LogP contribution in [0.25, 0.3) is 0 Å². The van der Waals surface area contributed by atoms with E-state index in [-0.39, 0.29) is 9.73 Å². The zero-order chi connectivity index (χ0) is 15.2. The Balaban J connectivity index is 1.87. The van der Waals surface area contributed by atoms with Gasteiger partial charge >= 0.3 is 0 Å². The molecule has 1 aliphatic heterocycles. The van der Waals surface area contributed by atoms with Gasteiger partial charge in [0.05, 0.1) is 0 Å². The molecular formula is C14H19N3O2S2. The Morgan fingerprint density at radius 2 is 2.00 bits per heavy atom. The highest BCUT2D eigenvalue weighted by Gasteiger charge is 2.49. The van der Waals surface area contributed by atoms with Crippen LogP contribution in [0.2, 0.25) is 0 Å². The molecule has 1 aromatic rings. The summed E-state index contributed by atoms with van der Waals surface area (Å²) in [7, 11) is -1.82. The van der Waals surface area contributed by atoms with Gasteiger partial charge in [-0.25, -0.2) is 13.6 Å². The minimum absolute atomic E-state index is 0.0722. The maximum atomic E-state index is 11.7. The quantitative estimate of drug-likeness (QED) is 0.879. The van der Waals surface area contributed by atoms with Crippen molar-refractivity contribution in [3.63, 3.8) is 0 Å². The van der Waals surface area contributed by atoms with E-state index in [1.165, 1.54) is 17.3 Å². The van der Waals surface area contributed by atoms with Gasteiger partial charge in [-0.05, 0) is 26.0 Å². The van der Waals surface area contributed by atoms with Crippen LogP contribution in [0.4, 0.5) is 0 Å². The standard InChI is InChI=1S/C14H19N3O2S2/c1-9-13(21(15,18)19)20-14(16-2)17(9)12-8-11(12)10-6-4-3-5-7-10/h3-7,11-12,14,16H,8H2,1-2H3,(H2,15,18,19). The number of allylic oxidation sites excluding steroid dienone is 1. The highest BCUT2D eigenvalue weighted by molar-refractivity contribution is 8.18. The molecule has 1 saturated carbocycles. The molecule has 3 N–H and O–H groups in total. The lowest BCUT2D eigenvalue weighted by atomic mass is 10.1. The van der Waals surface area contributed by atoms with Crippen LogP contribution < -0.4 is 10.5 Å². The summed E-state index contributed by atoms with van der Waals surface area (Å²) in [6.45, 7) is 1.84. The summed E-state index contributed by atoms with van der Waals surface area (Å²) < 4.78 is 23.7. The van der Waals surface area contributed by atoms with Gasteiger partial charge < -0.3 is 4.90 Å². The zero-order valence-corrected chi connectivity index (χ0v) is 13.6. The molecule has 0 saturated heterocycles. The first-order valence-electron chi connectivity index (χ1n) is 6.84. The van der Waals surface area contributed by atoms with Crippen LogP contribution in [0.15, 0.2) is 40.3 Å². The van der Waals surface area contributed by atoms with Crippen LogP contribution in [0.5, 0.6) is 0 Å².